The summed E-state index contributed by atoms with van der Waals surface area (Å²) < 4.78 is 5.07. The van der Waals surface area contributed by atoms with E-state index in [2.05, 4.69) is 42.3 Å². The molecule has 1 rings (SSSR count). The predicted molar refractivity (Wildman–Crippen MR) is 147 cm³/mol. The summed E-state index contributed by atoms with van der Waals surface area (Å²) in [6.07, 6.45) is 37.2. The van der Waals surface area contributed by atoms with Gasteiger partial charge in [-0.1, -0.05) is 136 Å². The monoisotopic (exact) mass is 461 g/mol. The number of aryl methyl sites for hydroxylation is 2. The van der Waals surface area contributed by atoms with Gasteiger partial charge in [0, 0.05) is 6.42 Å². The van der Waals surface area contributed by atoms with Crippen LogP contribution in [0.1, 0.15) is 168 Å². The molecule has 0 fully saturated rings. The molecule has 0 aromatic carbocycles. The molecule has 1 heterocycles. The number of nitrogens with zero attached hydrogens (tertiary/aromatic N) is 2. The maximum atomic E-state index is 2.53. The zero-order valence-corrected chi connectivity index (χ0v) is 23.2. The molecule has 0 saturated carbocycles. The lowest BCUT2D eigenvalue weighted by molar-refractivity contribution is -0.704. The van der Waals surface area contributed by atoms with E-state index >= 15 is 0 Å². The molecule has 1 aromatic heterocycles. The number of hydrogen-bond acceptors (Lipinski definition) is 0. The van der Waals surface area contributed by atoms with Gasteiger partial charge in [0.1, 0.15) is 12.4 Å². The van der Waals surface area contributed by atoms with Crippen LogP contribution in [0.25, 0.3) is 0 Å². The van der Waals surface area contributed by atoms with E-state index in [9.17, 15) is 0 Å². The number of unbranched alkanes of at least 4 members (excludes halogenated alkanes) is 20. The topological polar surface area (TPSA) is 8.81 Å². The average Bonchev–Trinajstić information content (AvgIpc) is 3.22. The number of imidazole rings is 1. The Labute approximate surface area is 208 Å². The SMILES string of the molecule is CCCCCCCCCCCCCn1cc[n+](CCCCCCCCCCCCC)c1CC. The van der Waals surface area contributed by atoms with Crippen molar-refractivity contribution in [2.45, 2.75) is 182 Å². The Morgan fingerprint density at radius 1 is 0.515 bits per heavy atom. The molecule has 0 unspecified atom stereocenters. The second-order valence-corrected chi connectivity index (χ2v) is 10.5. The normalized spacial score (nSPS) is 11.5. The van der Waals surface area contributed by atoms with E-state index in [0.717, 1.165) is 6.42 Å². The highest BCUT2D eigenvalue weighted by Crippen LogP contribution is 2.13. The van der Waals surface area contributed by atoms with E-state index in [-0.39, 0.29) is 0 Å². The fourth-order valence-corrected chi connectivity index (χ4v) is 5.20. The third-order valence-corrected chi connectivity index (χ3v) is 7.41. The van der Waals surface area contributed by atoms with Crippen molar-refractivity contribution in [2.24, 2.45) is 0 Å². The molecule has 2 nitrogen and oxygen atoms in total. The van der Waals surface area contributed by atoms with Gasteiger partial charge in [-0.2, -0.15) is 0 Å². The maximum absolute atomic E-state index is 2.53. The minimum atomic E-state index is 1.16. The third-order valence-electron chi connectivity index (χ3n) is 7.41. The smallest absolute Gasteiger partial charge is 0.234 e. The van der Waals surface area contributed by atoms with Crippen LogP contribution in [0.3, 0.4) is 0 Å². The van der Waals surface area contributed by atoms with Crippen LogP contribution in [0.2, 0.25) is 0 Å². The molecule has 0 bridgehead atoms. The van der Waals surface area contributed by atoms with E-state index < -0.39 is 0 Å². The van der Waals surface area contributed by atoms with Crippen LogP contribution in [0.15, 0.2) is 12.4 Å². The van der Waals surface area contributed by atoms with E-state index in [1.807, 2.05) is 0 Å². The van der Waals surface area contributed by atoms with Gasteiger partial charge in [0.15, 0.2) is 0 Å². The Balaban J connectivity index is 2.03. The highest BCUT2D eigenvalue weighted by molar-refractivity contribution is 4.83. The molecule has 0 saturated heterocycles. The van der Waals surface area contributed by atoms with Crippen molar-refractivity contribution >= 4 is 0 Å². The highest BCUT2D eigenvalue weighted by Gasteiger charge is 2.14. The second-order valence-electron chi connectivity index (χ2n) is 10.5. The first-order valence-corrected chi connectivity index (χ1v) is 15.4. The quantitative estimate of drug-likeness (QED) is 0.101. The van der Waals surface area contributed by atoms with Crippen molar-refractivity contribution in [3.63, 3.8) is 0 Å². The van der Waals surface area contributed by atoms with Crippen molar-refractivity contribution in [3.8, 4) is 0 Å². The molecule has 194 valence electrons. The summed E-state index contributed by atoms with van der Waals surface area (Å²) in [5.74, 6) is 1.54. The molecule has 33 heavy (non-hydrogen) atoms. The van der Waals surface area contributed by atoms with Gasteiger partial charge in [0.2, 0.25) is 0 Å². The van der Waals surface area contributed by atoms with E-state index in [1.54, 1.807) is 0 Å². The molecule has 0 amide bonds. The lowest BCUT2D eigenvalue weighted by Gasteiger charge is -2.05. The second kappa shape index (κ2) is 23.0. The molecular weight excluding hydrogens is 400 g/mol. The Hall–Kier alpha value is -0.790. The summed E-state index contributed by atoms with van der Waals surface area (Å²) in [5, 5.41) is 0. The van der Waals surface area contributed by atoms with Gasteiger partial charge in [-0.15, -0.1) is 0 Å². The van der Waals surface area contributed by atoms with Crippen LogP contribution in [0.5, 0.6) is 0 Å². The number of hydrogen-bond donors (Lipinski definition) is 0. The zero-order valence-electron chi connectivity index (χ0n) is 23.2. The fraction of sp³-hybridized carbons (Fsp3) is 0.903. The lowest BCUT2D eigenvalue weighted by atomic mass is 10.1. The maximum Gasteiger partial charge on any atom is 0.256 e. The molecule has 0 spiro atoms. The molecule has 0 aliphatic carbocycles. The van der Waals surface area contributed by atoms with Crippen molar-refractivity contribution in [3.05, 3.63) is 18.2 Å². The summed E-state index contributed by atoms with van der Waals surface area (Å²) in [6, 6.07) is 0. The molecule has 0 aliphatic heterocycles. The van der Waals surface area contributed by atoms with Gasteiger partial charge in [-0.25, -0.2) is 9.13 Å². The molecule has 0 N–H and O–H groups in total. The molecule has 0 radical (unpaired) electrons. The first-order valence-electron chi connectivity index (χ1n) is 15.4. The standard InChI is InChI=1S/C31H61N2/c1-4-7-9-11-13-15-17-19-21-23-25-27-32-29-30-33(31(32)6-3)28-26-24-22-20-18-16-14-12-10-8-5-2/h29-30H,4-28H2,1-3H3/q+1. The summed E-state index contributed by atoms with van der Waals surface area (Å²) in [4.78, 5) is 0. The van der Waals surface area contributed by atoms with E-state index in [4.69, 9.17) is 0 Å². The van der Waals surface area contributed by atoms with Crippen molar-refractivity contribution in [1.82, 2.24) is 4.57 Å². The van der Waals surface area contributed by atoms with Crippen LogP contribution in [-0.2, 0) is 19.5 Å². The molecule has 0 atom stereocenters. The van der Waals surface area contributed by atoms with Crippen LogP contribution >= 0.6 is 0 Å². The van der Waals surface area contributed by atoms with Gasteiger partial charge >= 0.3 is 0 Å². The largest absolute Gasteiger partial charge is 0.256 e. The van der Waals surface area contributed by atoms with Gasteiger partial charge in [0.05, 0.1) is 13.1 Å². The van der Waals surface area contributed by atoms with Gasteiger partial charge in [-0.05, 0) is 25.7 Å². The summed E-state index contributed by atoms with van der Waals surface area (Å²) in [5.41, 5.74) is 0. The van der Waals surface area contributed by atoms with E-state index in [0.29, 0.717) is 0 Å². The Morgan fingerprint density at radius 3 is 1.33 bits per heavy atom. The minimum absolute atomic E-state index is 1.16. The fourth-order valence-electron chi connectivity index (χ4n) is 5.20. The van der Waals surface area contributed by atoms with Crippen LogP contribution < -0.4 is 4.57 Å². The third kappa shape index (κ3) is 16.5. The summed E-state index contributed by atoms with van der Waals surface area (Å²) in [7, 11) is 0. The van der Waals surface area contributed by atoms with Crippen LogP contribution in [0.4, 0.5) is 0 Å². The van der Waals surface area contributed by atoms with Crippen LogP contribution in [-0.4, -0.2) is 4.57 Å². The lowest BCUT2D eigenvalue weighted by Crippen LogP contribution is -2.37. The Morgan fingerprint density at radius 2 is 0.909 bits per heavy atom. The molecule has 1 aromatic rings. The average molecular weight is 462 g/mol. The first-order chi connectivity index (χ1) is 16.3. The highest BCUT2D eigenvalue weighted by atomic mass is 15.1. The molecule has 0 aliphatic rings. The number of aromatic nitrogens is 2. The Bertz CT molecular complexity index is 475. The zero-order chi connectivity index (χ0) is 23.8. The molecule has 2 heteroatoms. The van der Waals surface area contributed by atoms with E-state index in [1.165, 1.54) is 160 Å². The van der Waals surface area contributed by atoms with Crippen LogP contribution in [0, 0.1) is 0 Å². The van der Waals surface area contributed by atoms with Gasteiger partial charge < -0.3 is 0 Å². The van der Waals surface area contributed by atoms with Crippen molar-refractivity contribution < 1.29 is 4.57 Å². The van der Waals surface area contributed by atoms with Gasteiger partial charge in [-0.3, -0.25) is 0 Å². The number of rotatable bonds is 25. The summed E-state index contributed by atoms with van der Waals surface area (Å²) in [6.45, 7) is 9.35. The Kier molecular flexibility index (Phi) is 21.1. The van der Waals surface area contributed by atoms with Crippen molar-refractivity contribution in [2.75, 3.05) is 0 Å². The van der Waals surface area contributed by atoms with Gasteiger partial charge in [0.25, 0.3) is 5.82 Å². The van der Waals surface area contributed by atoms with Crippen molar-refractivity contribution in [1.29, 1.82) is 0 Å². The molecular formula is C31H61N2+. The minimum Gasteiger partial charge on any atom is -0.234 e. The predicted octanol–water partition coefficient (Wildman–Crippen LogP) is 9.96. The first kappa shape index (κ1) is 30.2. The summed E-state index contributed by atoms with van der Waals surface area (Å²) >= 11 is 0.